The molecule has 6 heteroatoms. The molecule has 32 heavy (non-hydrogen) atoms. The summed E-state index contributed by atoms with van der Waals surface area (Å²) in [7, 11) is 0. The average Bonchev–Trinajstić information content (AvgIpc) is 3.10. The normalized spacial score (nSPS) is 13.8. The van der Waals surface area contributed by atoms with Crippen LogP contribution in [0.4, 0.5) is 0 Å². The van der Waals surface area contributed by atoms with Gasteiger partial charge in [-0.25, -0.2) is 0 Å². The van der Waals surface area contributed by atoms with E-state index in [1.165, 1.54) is 0 Å². The van der Waals surface area contributed by atoms with Crippen LogP contribution < -0.4 is 14.8 Å². The maximum Gasteiger partial charge on any atom is 0.255 e. The molecule has 0 aromatic heterocycles. The first-order chi connectivity index (χ1) is 15.4. The van der Waals surface area contributed by atoms with E-state index in [0.29, 0.717) is 50.6 Å². The largest absolute Gasteiger partial charge is 0.490 e. The zero-order chi connectivity index (χ0) is 23.1. The van der Waals surface area contributed by atoms with Gasteiger partial charge in [0.2, 0.25) is 5.91 Å². The van der Waals surface area contributed by atoms with Crippen molar-refractivity contribution in [3.05, 3.63) is 59.2 Å². The average molecular weight is 439 g/mol. The van der Waals surface area contributed by atoms with E-state index < -0.39 is 6.04 Å². The van der Waals surface area contributed by atoms with Crippen LogP contribution in [-0.4, -0.2) is 42.5 Å². The van der Waals surface area contributed by atoms with Gasteiger partial charge in [-0.1, -0.05) is 38.1 Å². The van der Waals surface area contributed by atoms with E-state index >= 15 is 0 Å². The molecule has 0 saturated carbocycles. The topological polar surface area (TPSA) is 67.9 Å². The van der Waals surface area contributed by atoms with Gasteiger partial charge in [-0.05, 0) is 61.9 Å². The van der Waals surface area contributed by atoms with Crippen LogP contribution in [0.3, 0.4) is 0 Å². The summed E-state index contributed by atoms with van der Waals surface area (Å²) in [6.45, 7) is 10.1. The summed E-state index contributed by atoms with van der Waals surface area (Å²) in [6, 6.07) is 13.0. The number of carbonyl (C=O) groups is 2. The van der Waals surface area contributed by atoms with Crippen molar-refractivity contribution in [2.75, 3.05) is 19.8 Å². The van der Waals surface area contributed by atoms with E-state index in [-0.39, 0.29) is 11.8 Å². The lowest BCUT2D eigenvalue weighted by Crippen LogP contribution is -2.48. The van der Waals surface area contributed by atoms with Crippen LogP contribution in [-0.2, 0) is 17.8 Å². The fourth-order valence-electron chi connectivity index (χ4n) is 4.05. The molecule has 1 aliphatic rings. The number of nitrogens with one attached hydrogen (secondary N) is 1. The van der Waals surface area contributed by atoms with Crippen LogP contribution in [0.25, 0.3) is 0 Å². The molecule has 1 aliphatic heterocycles. The van der Waals surface area contributed by atoms with Gasteiger partial charge in [-0.2, -0.15) is 0 Å². The number of rotatable bonds is 11. The Labute approximate surface area is 190 Å². The van der Waals surface area contributed by atoms with E-state index in [4.69, 9.17) is 9.47 Å². The van der Waals surface area contributed by atoms with Crippen molar-refractivity contribution < 1.29 is 19.1 Å². The number of carbonyl (C=O) groups excluding carboxylic acids is 2. The van der Waals surface area contributed by atoms with Gasteiger partial charge < -0.3 is 19.7 Å². The van der Waals surface area contributed by atoms with E-state index in [1.807, 2.05) is 56.3 Å². The van der Waals surface area contributed by atoms with Gasteiger partial charge in [0.1, 0.15) is 6.04 Å². The number of hydrogen-bond acceptors (Lipinski definition) is 4. The quantitative estimate of drug-likeness (QED) is 0.571. The Hall–Kier alpha value is -3.02. The second-order valence-electron chi connectivity index (χ2n) is 8.42. The molecule has 1 heterocycles. The summed E-state index contributed by atoms with van der Waals surface area (Å²) in [6.07, 6.45) is 1.30. The Balaban J connectivity index is 1.64. The molecular weight excluding hydrogens is 404 g/mol. The first kappa shape index (κ1) is 23.6. The summed E-state index contributed by atoms with van der Waals surface area (Å²) < 4.78 is 11.3. The monoisotopic (exact) mass is 438 g/mol. The lowest BCUT2D eigenvalue weighted by atomic mass is 10.0. The second kappa shape index (κ2) is 11.0. The number of fused-ring (bicyclic) bond motifs is 1. The molecule has 0 spiro atoms. The molecule has 3 rings (SSSR count). The molecule has 0 bridgehead atoms. The molecule has 0 unspecified atom stereocenters. The Kier molecular flexibility index (Phi) is 8.14. The van der Waals surface area contributed by atoms with Gasteiger partial charge in [-0.15, -0.1) is 0 Å². The summed E-state index contributed by atoms with van der Waals surface area (Å²) in [4.78, 5) is 27.7. The third kappa shape index (κ3) is 5.61. The standard InChI is InChI=1S/C26H34N2O4/c1-5-31-23-12-11-19(16-24(23)32-6-2)13-14-27-25(29)22(15-18(3)4)28-17-20-9-7-8-10-21(20)26(28)30/h7-12,16,18,22H,5-6,13-15,17H2,1-4H3,(H,27,29)/t22-/m1/s1. The lowest BCUT2D eigenvalue weighted by Gasteiger charge is -2.28. The molecule has 1 N–H and O–H groups in total. The molecule has 6 nitrogen and oxygen atoms in total. The second-order valence-corrected chi connectivity index (χ2v) is 8.42. The first-order valence-corrected chi connectivity index (χ1v) is 11.5. The minimum Gasteiger partial charge on any atom is -0.490 e. The highest BCUT2D eigenvalue weighted by Crippen LogP contribution is 2.29. The molecule has 2 aromatic rings. The minimum absolute atomic E-state index is 0.0609. The lowest BCUT2D eigenvalue weighted by molar-refractivity contribution is -0.126. The van der Waals surface area contributed by atoms with Gasteiger partial charge in [-0.3, -0.25) is 9.59 Å². The summed E-state index contributed by atoms with van der Waals surface area (Å²) in [5.74, 6) is 1.58. The van der Waals surface area contributed by atoms with Crippen LogP contribution in [0.15, 0.2) is 42.5 Å². The van der Waals surface area contributed by atoms with Gasteiger partial charge in [0.05, 0.1) is 13.2 Å². The molecule has 0 fully saturated rings. The SMILES string of the molecule is CCOc1ccc(CCNC(=O)[C@@H](CC(C)C)N2Cc3ccccc3C2=O)cc1OCC. The fraction of sp³-hybridized carbons (Fsp3) is 0.462. The predicted octanol–water partition coefficient (Wildman–Crippen LogP) is 4.21. The van der Waals surface area contributed by atoms with Gasteiger partial charge in [0.15, 0.2) is 11.5 Å². The zero-order valence-electron chi connectivity index (χ0n) is 19.5. The van der Waals surface area contributed by atoms with Crippen LogP contribution in [0.1, 0.15) is 55.6 Å². The molecule has 2 aromatic carbocycles. The van der Waals surface area contributed by atoms with E-state index in [0.717, 1.165) is 22.6 Å². The first-order valence-electron chi connectivity index (χ1n) is 11.5. The van der Waals surface area contributed by atoms with Crippen LogP contribution >= 0.6 is 0 Å². The highest BCUT2D eigenvalue weighted by molar-refractivity contribution is 6.01. The molecule has 0 radical (unpaired) electrons. The van der Waals surface area contributed by atoms with Gasteiger partial charge in [0, 0.05) is 18.7 Å². The maximum absolute atomic E-state index is 13.1. The van der Waals surface area contributed by atoms with Crippen molar-refractivity contribution in [3.63, 3.8) is 0 Å². The van der Waals surface area contributed by atoms with E-state index in [1.54, 1.807) is 4.90 Å². The van der Waals surface area contributed by atoms with Crippen molar-refractivity contribution in [1.29, 1.82) is 0 Å². The predicted molar refractivity (Wildman–Crippen MR) is 125 cm³/mol. The summed E-state index contributed by atoms with van der Waals surface area (Å²) in [5, 5.41) is 3.05. The molecular formula is C26H34N2O4. The highest BCUT2D eigenvalue weighted by Gasteiger charge is 2.36. The van der Waals surface area contributed by atoms with Crippen molar-refractivity contribution in [2.24, 2.45) is 5.92 Å². The minimum atomic E-state index is -0.478. The Bertz CT molecular complexity index is 941. The summed E-state index contributed by atoms with van der Waals surface area (Å²) in [5.41, 5.74) is 2.74. The number of hydrogen-bond donors (Lipinski definition) is 1. The highest BCUT2D eigenvalue weighted by atomic mass is 16.5. The van der Waals surface area contributed by atoms with E-state index in [2.05, 4.69) is 19.2 Å². The third-order valence-corrected chi connectivity index (χ3v) is 5.54. The van der Waals surface area contributed by atoms with Crippen LogP contribution in [0.2, 0.25) is 0 Å². The summed E-state index contributed by atoms with van der Waals surface area (Å²) >= 11 is 0. The van der Waals surface area contributed by atoms with Crippen molar-refractivity contribution in [3.8, 4) is 11.5 Å². The third-order valence-electron chi connectivity index (χ3n) is 5.54. The number of benzene rings is 2. The fourth-order valence-corrected chi connectivity index (χ4v) is 4.05. The Morgan fingerprint density at radius 3 is 2.47 bits per heavy atom. The zero-order valence-corrected chi connectivity index (χ0v) is 19.5. The van der Waals surface area contributed by atoms with Crippen molar-refractivity contribution >= 4 is 11.8 Å². The van der Waals surface area contributed by atoms with Gasteiger partial charge in [0.25, 0.3) is 5.91 Å². The van der Waals surface area contributed by atoms with Crippen molar-refractivity contribution in [1.82, 2.24) is 10.2 Å². The Morgan fingerprint density at radius 1 is 1.06 bits per heavy atom. The molecule has 172 valence electrons. The number of ether oxygens (including phenoxy) is 2. The Morgan fingerprint density at radius 2 is 1.78 bits per heavy atom. The van der Waals surface area contributed by atoms with Gasteiger partial charge >= 0.3 is 0 Å². The van der Waals surface area contributed by atoms with Crippen LogP contribution in [0, 0.1) is 5.92 Å². The molecule has 0 saturated heterocycles. The van der Waals surface area contributed by atoms with Crippen molar-refractivity contribution in [2.45, 2.75) is 53.1 Å². The number of amides is 2. The molecule has 2 amide bonds. The number of nitrogens with zero attached hydrogens (tertiary/aromatic N) is 1. The molecule has 1 atom stereocenters. The smallest absolute Gasteiger partial charge is 0.255 e. The van der Waals surface area contributed by atoms with Crippen LogP contribution in [0.5, 0.6) is 11.5 Å². The van der Waals surface area contributed by atoms with E-state index in [9.17, 15) is 9.59 Å². The molecule has 0 aliphatic carbocycles. The maximum atomic E-state index is 13.1.